The van der Waals surface area contributed by atoms with Crippen LogP contribution in [0.4, 0.5) is 22.7 Å². The standard InChI is InChI=1S/C19H22N4O4/c1-2-22(14-4-3-5-19(24)25)17-10-6-15(7-11-17)20-21-16-8-12-18(13-9-16)23(26)27/h6-13H,2-5,14H2,1H3,(H,24,25)/b21-20+. The number of carboxylic acids is 1. The molecule has 2 aromatic rings. The lowest BCUT2D eigenvalue weighted by atomic mass is 10.2. The smallest absolute Gasteiger partial charge is 0.303 e. The normalized spacial score (nSPS) is 10.9. The predicted octanol–water partition coefficient (Wildman–Crippen LogP) is 5.09. The predicted molar refractivity (Wildman–Crippen MR) is 103 cm³/mol. The van der Waals surface area contributed by atoms with Gasteiger partial charge in [-0.1, -0.05) is 0 Å². The topological polar surface area (TPSA) is 108 Å². The average molecular weight is 370 g/mol. The Kier molecular flexibility index (Phi) is 7.42. The number of rotatable bonds is 10. The molecule has 0 spiro atoms. The number of carboxylic acid groups (broad SMARTS) is 1. The SMILES string of the molecule is CCN(CCCCC(=O)O)c1ccc(/N=N/c2ccc([N+](=O)[O-])cc2)cc1. The highest BCUT2D eigenvalue weighted by molar-refractivity contribution is 5.66. The molecule has 0 bridgehead atoms. The largest absolute Gasteiger partial charge is 0.481 e. The van der Waals surface area contributed by atoms with Gasteiger partial charge < -0.3 is 10.0 Å². The number of nitro groups is 1. The van der Waals surface area contributed by atoms with Crippen LogP contribution in [-0.4, -0.2) is 29.1 Å². The molecule has 0 unspecified atom stereocenters. The van der Waals surface area contributed by atoms with Crippen molar-refractivity contribution in [2.45, 2.75) is 26.2 Å². The molecule has 0 fully saturated rings. The summed E-state index contributed by atoms with van der Waals surface area (Å²) in [6.07, 6.45) is 1.68. The number of non-ortho nitro benzene ring substituents is 1. The van der Waals surface area contributed by atoms with Crippen LogP contribution in [0.3, 0.4) is 0 Å². The Morgan fingerprint density at radius 2 is 1.59 bits per heavy atom. The van der Waals surface area contributed by atoms with E-state index in [0.717, 1.165) is 25.2 Å². The number of aliphatic carboxylic acids is 1. The highest BCUT2D eigenvalue weighted by Gasteiger charge is 2.06. The van der Waals surface area contributed by atoms with Crippen molar-refractivity contribution in [2.75, 3.05) is 18.0 Å². The van der Waals surface area contributed by atoms with Gasteiger partial charge in [0.2, 0.25) is 0 Å². The number of unbranched alkanes of at least 4 members (excludes halogenated alkanes) is 1. The number of nitro benzene ring substituents is 1. The molecule has 0 aromatic heterocycles. The summed E-state index contributed by atoms with van der Waals surface area (Å²) in [7, 11) is 0. The van der Waals surface area contributed by atoms with Crippen LogP contribution in [0.15, 0.2) is 58.8 Å². The second kappa shape index (κ2) is 10.0. The minimum absolute atomic E-state index is 0.0151. The Hall–Kier alpha value is -3.29. The molecule has 0 radical (unpaired) electrons. The molecule has 0 aliphatic carbocycles. The van der Waals surface area contributed by atoms with E-state index < -0.39 is 10.9 Å². The summed E-state index contributed by atoms with van der Waals surface area (Å²) in [6.45, 7) is 3.68. The van der Waals surface area contributed by atoms with Gasteiger partial charge in [-0.3, -0.25) is 14.9 Å². The molecule has 0 aliphatic heterocycles. The molecule has 0 saturated heterocycles. The Bertz CT molecular complexity index is 788. The first-order valence-electron chi connectivity index (χ1n) is 8.72. The van der Waals surface area contributed by atoms with Crippen LogP contribution in [0.1, 0.15) is 26.2 Å². The highest BCUT2D eigenvalue weighted by atomic mass is 16.6. The molecule has 142 valence electrons. The van der Waals surface area contributed by atoms with Gasteiger partial charge in [-0.15, -0.1) is 0 Å². The second-order valence-electron chi connectivity index (χ2n) is 5.92. The number of hydrogen-bond donors (Lipinski definition) is 1. The molecule has 0 aliphatic rings. The first-order chi connectivity index (χ1) is 13.0. The molecule has 2 aromatic carbocycles. The maximum Gasteiger partial charge on any atom is 0.303 e. The number of benzene rings is 2. The Balaban J connectivity index is 1.94. The van der Waals surface area contributed by atoms with Crippen molar-refractivity contribution >= 4 is 28.7 Å². The lowest BCUT2D eigenvalue weighted by Crippen LogP contribution is -2.23. The van der Waals surface area contributed by atoms with Crippen molar-refractivity contribution in [1.29, 1.82) is 0 Å². The van der Waals surface area contributed by atoms with E-state index in [4.69, 9.17) is 5.11 Å². The van der Waals surface area contributed by atoms with E-state index >= 15 is 0 Å². The van der Waals surface area contributed by atoms with E-state index in [1.807, 2.05) is 24.3 Å². The van der Waals surface area contributed by atoms with Crippen molar-refractivity contribution in [3.05, 3.63) is 58.6 Å². The van der Waals surface area contributed by atoms with E-state index in [1.165, 1.54) is 12.1 Å². The van der Waals surface area contributed by atoms with Gasteiger partial charge in [0.05, 0.1) is 16.3 Å². The summed E-state index contributed by atoms with van der Waals surface area (Å²) in [6, 6.07) is 13.5. The van der Waals surface area contributed by atoms with Gasteiger partial charge in [-0.2, -0.15) is 10.2 Å². The van der Waals surface area contributed by atoms with Crippen LogP contribution in [0.2, 0.25) is 0 Å². The fourth-order valence-electron chi connectivity index (χ4n) is 2.54. The zero-order valence-electron chi connectivity index (χ0n) is 15.1. The number of hydrogen-bond acceptors (Lipinski definition) is 6. The fourth-order valence-corrected chi connectivity index (χ4v) is 2.54. The van der Waals surface area contributed by atoms with E-state index in [1.54, 1.807) is 12.1 Å². The monoisotopic (exact) mass is 370 g/mol. The van der Waals surface area contributed by atoms with Crippen LogP contribution in [0.5, 0.6) is 0 Å². The van der Waals surface area contributed by atoms with Crippen molar-refractivity contribution in [3.63, 3.8) is 0 Å². The summed E-state index contributed by atoms with van der Waals surface area (Å²) < 4.78 is 0. The van der Waals surface area contributed by atoms with Crippen molar-refractivity contribution in [2.24, 2.45) is 10.2 Å². The maximum atomic E-state index is 10.6. The number of carbonyl (C=O) groups is 1. The van der Waals surface area contributed by atoms with Gasteiger partial charge in [0.15, 0.2) is 0 Å². The maximum absolute atomic E-state index is 10.6. The van der Waals surface area contributed by atoms with Gasteiger partial charge in [0.1, 0.15) is 0 Å². The number of azo groups is 1. The molecule has 0 saturated carbocycles. The van der Waals surface area contributed by atoms with E-state index in [-0.39, 0.29) is 12.1 Å². The number of anilines is 1. The van der Waals surface area contributed by atoms with E-state index in [9.17, 15) is 14.9 Å². The van der Waals surface area contributed by atoms with Crippen molar-refractivity contribution in [3.8, 4) is 0 Å². The van der Waals surface area contributed by atoms with Gasteiger partial charge in [-0.05, 0) is 56.2 Å². The zero-order valence-corrected chi connectivity index (χ0v) is 15.1. The van der Waals surface area contributed by atoms with Gasteiger partial charge >= 0.3 is 5.97 Å². The Morgan fingerprint density at radius 1 is 1.04 bits per heavy atom. The first kappa shape index (κ1) is 20.0. The molecule has 0 amide bonds. The van der Waals surface area contributed by atoms with Crippen LogP contribution in [0.25, 0.3) is 0 Å². The molecule has 0 atom stereocenters. The lowest BCUT2D eigenvalue weighted by molar-refractivity contribution is -0.384. The quantitative estimate of drug-likeness (QED) is 0.271. The van der Waals surface area contributed by atoms with Gasteiger partial charge in [0, 0.05) is 37.3 Å². The summed E-state index contributed by atoms with van der Waals surface area (Å²) in [5.41, 5.74) is 2.28. The molecule has 1 N–H and O–H groups in total. The molecule has 8 nitrogen and oxygen atoms in total. The highest BCUT2D eigenvalue weighted by Crippen LogP contribution is 2.24. The van der Waals surface area contributed by atoms with Crippen LogP contribution >= 0.6 is 0 Å². The number of nitrogens with zero attached hydrogens (tertiary/aromatic N) is 4. The molecular weight excluding hydrogens is 348 g/mol. The Morgan fingerprint density at radius 3 is 2.07 bits per heavy atom. The molecule has 27 heavy (non-hydrogen) atoms. The molecule has 0 heterocycles. The fraction of sp³-hybridized carbons (Fsp3) is 0.316. The van der Waals surface area contributed by atoms with Gasteiger partial charge in [0.25, 0.3) is 5.69 Å². The summed E-state index contributed by atoms with van der Waals surface area (Å²) in [5, 5.41) is 27.6. The van der Waals surface area contributed by atoms with Crippen molar-refractivity contribution < 1.29 is 14.8 Å². The third-order valence-electron chi connectivity index (χ3n) is 4.01. The second-order valence-corrected chi connectivity index (χ2v) is 5.92. The summed E-state index contributed by atoms with van der Waals surface area (Å²) in [4.78, 5) is 22.9. The van der Waals surface area contributed by atoms with Crippen molar-refractivity contribution in [1.82, 2.24) is 0 Å². The van der Waals surface area contributed by atoms with E-state index in [0.29, 0.717) is 17.8 Å². The summed E-state index contributed by atoms with van der Waals surface area (Å²) >= 11 is 0. The summed E-state index contributed by atoms with van der Waals surface area (Å²) in [5.74, 6) is -0.763. The van der Waals surface area contributed by atoms with E-state index in [2.05, 4.69) is 22.1 Å². The van der Waals surface area contributed by atoms with Gasteiger partial charge in [-0.25, -0.2) is 0 Å². The minimum Gasteiger partial charge on any atom is -0.481 e. The minimum atomic E-state index is -0.763. The third kappa shape index (κ3) is 6.50. The van der Waals surface area contributed by atoms with Crippen LogP contribution < -0.4 is 4.90 Å². The third-order valence-corrected chi connectivity index (χ3v) is 4.01. The molecular formula is C19H22N4O4. The average Bonchev–Trinajstić information content (AvgIpc) is 2.67. The zero-order chi connectivity index (χ0) is 19.6. The molecule has 2 rings (SSSR count). The van der Waals surface area contributed by atoms with Crippen LogP contribution in [0, 0.1) is 10.1 Å². The Labute approximate surface area is 157 Å². The lowest BCUT2D eigenvalue weighted by Gasteiger charge is -2.23. The van der Waals surface area contributed by atoms with Crippen LogP contribution in [-0.2, 0) is 4.79 Å². The molecule has 8 heteroatoms. The first-order valence-corrected chi connectivity index (χ1v) is 8.72.